The minimum Gasteiger partial charge on any atom is -0.367 e. The Balaban J connectivity index is 1.30. The lowest BCUT2D eigenvalue weighted by atomic mass is 9.68. The van der Waals surface area contributed by atoms with Crippen LogP contribution in [0.2, 0.25) is 0 Å². The average Bonchev–Trinajstić information content (AvgIpc) is 2.97. The molecule has 0 aromatic carbocycles. The highest BCUT2D eigenvalue weighted by atomic mass is 16.5. The average molecular weight is 344 g/mol. The molecule has 1 aliphatic heterocycles. The second-order valence-electron chi connectivity index (χ2n) is 9.22. The molecule has 4 aliphatic rings. The van der Waals surface area contributed by atoms with Crippen LogP contribution in [0, 0.1) is 17.8 Å². The summed E-state index contributed by atoms with van der Waals surface area (Å²) in [4.78, 5) is 2.60. The van der Waals surface area contributed by atoms with Gasteiger partial charge in [0.1, 0.15) is 0 Å². The molecule has 2 saturated carbocycles. The van der Waals surface area contributed by atoms with Gasteiger partial charge >= 0.3 is 0 Å². The molecule has 2 nitrogen and oxygen atoms in total. The number of allylic oxidation sites excluding steroid dienone is 2. The van der Waals surface area contributed by atoms with Gasteiger partial charge < -0.3 is 9.64 Å². The first-order chi connectivity index (χ1) is 12.3. The predicted octanol–water partition coefficient (Wildman–Crippen LogP) is 5.35. The minimum atomic E-state index is 0.179. The maximum Gasteiger partial charge on any atom is 0.0832 e. The summed E-state index contributed by atoms with van der Waals surface area (Å²) in [6.07, 6.45) is 24.8. The first-order valence-corrected chi connectivity index (χ1v) is 11.0. The van der Waals surface area contributed by atoms with Crippen molar-refractivity contribution in [2.75, 3.05) is 20.1 Å². The van der Waals surface area contributed by atoms with Crippen LogP contribution in [0.25, 0.3) is 0 Å². The first kappa shape index (κ1) is 17.8. The van der Waals surface area contributed by atoms with Crippen molar-refractivity contribution in [3.05, 3.63) is 24.3 Å². The molecule has 140 valence electrons. The van der Waals surface area contributed by atoms with Crippen LogP contribution < -0.4 is 0 Å². The van der Waals surface area contributed by atoms with Gasteiger partial charge in [-0.15, -0.1) is 0 Å². The monoisotopic (exact) mass is 343 g/mol. The summed E-state index contributed by atoms with van der Waals surface area (Å²) in [5.41, 5.74) is 0.179. The van der Waals surface area contributed by atoms with E-state index in [4.69, 9.17) is 4.74 Å². The zero-order chi connectivity index (χ0) is 17.1. The quantitative estimate of drug-likeness (QED) is 0.644. The number of ether oxygens (including phenoxy) is 1. The van der Waals surface area contributed by atoms with Crippen molar-refractivity contribution in [2.24, 2.45) is 17.8 Å². The second-order valence-corrected chi connectivity index (χ2v) is 9.22. The molecule has 4 unspecified atom stereocenters. The highest BCUT2D eigenvalue weighted by Gasteiger charge is 2.53. The van der Waals surface area contributed by atoms with Crippen LogP contribution in [0.5, 0.6) is 0 Å². The fourth-order valence-electron chi connectivity index (χ4n) is 6.20. The molecule has 3 fully saturated rings. The Morgan fingerprint density at radius 3 is 2.68 bits per heavy atom. The Bertz CT molecular complexity index is 492. The summed E-state index contributed by atoms with van der Waals surface area (Å²) in [6, 6.07) is 0. The van der Waals surface area contributed by atoms with E-state index in [0.29, 0.717) is 12.0 Å². The fraction of sp³-hybridized carbons (Fsp3) is 0.826. The van der Waals surface area contributed by atoms with Gasteiger partial charge in [0.25, 0.3) is 0 Å². The first-order valence-electron chi connectivity index (χ1n) is 11.0. The van der Waals surface area contributed by atoms with Crippen molar-refractivity contribution < 1.29 is 4.74 Å². The maximum atomic E-state index is 6.73. The van der Waals surface area contributed by atoms with Crippen LogP contribution in [0.15, 0.2) is 24.3 Å². The summed E-state index contributed by atoms with van der Waals surface area (Å²) in [5, 5.41) is 0. The van der Waals surface area contributed by atoms with Gasteiger partial charge in [-0.1, -0.05) is 56.4 Å². The van der Waals surface area contributed by atoms with Crippen molar-refractivity contribution >= 4 is 0 Å². The number of rotatable bonds is 6. The molecule has 2 heteroatoms. The zero-order valence-corrected chi connectivity index (χ0v) is 16.2. The van der Waals surface area contributed by atoms with Crippen LogP contribution >= 0.6 is 0 Å². The molecule has 4 atom stereocenters. The van der Waals surface area contributed by atoms with Crippen LogP contribution in [0.3, 0.4) is 0 Å². The van der Waals surface area contributed by atoms with E-state index in [-0.39, 0.29) is 5.60 Å². The normalized spacial score (nSPS) is 38.1. The van der Waals surface area contributed by atoms with Gasteiger partial charge in [-0.05, 0) is 64.0 Å². The van der Waals surface area contributed by atoms with Gasteiger partial charge in [-0.3, -0.25) is 0 Å². The maximum absolute atomic E-state index is 6.73. The Labute approximate surface area is 154 Å². The second kappa shape index (κ2) is 7.96. The molecule has 0 aromatic rings. The van der Waals surface area contributed by atoms with Gasteiger partial charge in [-0.2, -0.15) is 0 Å². The lowest BCUT2D eigenvalue weighted by Crippen LogP contribution is -2.40. The largest absolute Gasteiger partial charge is 0.367 e. The van der Waals surface area contributed by atoms with E-state index in [9.17, 15) is 0 Å². The third kappa shape index (κ3) is 3.90. The van der Waals surface area contributed by atoms with Crippen LogP contribution in [-0.4, -0.2) is 36.7 Å². The number of fused-ring (bicyclic) bond motifs is 3. The summed E-state index contributed by atoms with van der Waals surface area (Å²) in [5.74, 6) is 2.36. The molecule has 0 N–H and O–H groups in total. The molecule has 3 aliphatic carbocycles. The van der Waals surface area contributed by atoms with E-state index in [1.54, 1.807) is 0 Å². The summed E-state index contributed by atoms with van der Waals surface area (Å²) in [6.45, 7) is 2.56. The van der Waals surface area contributed by atoms with Crippen LogP contribution in [0.4, 0.5) is 0 Å². The van der Waals surface area contributed by atoms with Crippen molar-refractivity contribution in [2.45, 2.75) is 82.3 Å². The van der Waals surface area contributed by atoms with Crippen molar-refractivity contribution in [1.29, 1.82) is 0 Å². The molecule has 0 spiro atoms. The Kier molecular flexibility index (Phi) is 5.67. The lowest BCUT2D eigenvalue weighted by molar-refractivity contribution is -0.0713. The molecule has 0 amide bonds. The standard InChI is InChI=1S/C23H37NO/c1-24(18-19-10-3-2-4-11-19)17-9-16-23-15-8-7-13-21(23)20-12-5-6-14-22(20)25-23/h5-6,12,14,19-22H,2-4,7-11,13,15-18H2,1H3. The number of nitrogens with zero attached hydrogens (tertiary/aromatic N) is 1. The number of hydrogen-bond donors (Lipinski definition) is 0. The number of hydrogen-bond acceptors (Lipinski definition) is 2. The highest BCUT2D eigenvalue weighted by Crippen LogP contribution is 2.52. The molecule has 0 radical (unpaired) electrons. The fourth-order valence-corrected chi connectivity index (χ4v) is 6.20. The van der Waals surface area contributed by atoms with Gasteiger partial charge in [-0.25, -0.2) is 0 Å². The molecular formula is C23H37NO. The van der Waals surface area contributed by atoms with Gasteiger partial charge in [0, 0.05) is 12.5 Å². The third-order valence-electron chi connectivity index (χ3n) is 7.44. The molecule has 1 heterocycles. The van der Waals surface area contributed by atoms with E-state index in [1.165, 1.54) is 83.7 Å². The van der Waals surface area contributed by atoms with Gasteiger partial charge in [0.2, 0.25) is 0 Å². The molecular weight excluding hydrogens is 306 g/mol. The van der Waals surface area contributed by atoms with E-state index in [0.717, 1.165) is 11.8 Å². The van der Waals surface area contributed by atoms with Gasteiger partial charge in [0.15, 0.2) is 0 Å². The van der Waals surface area contributed by atoms with Crippen molar-refractivity contribution in [3.8, 4) is 0 Å². The van der Waals surface area contributed by atoms with E-state index in [1.807, 2.05) is 0 Å². The lowest BCUT2D eigenvalue weighted by Gasteiger charge is -2.40. The predicted molar refractivity (Wildman–Crippen MR) is 105 cm³/mol. The third-order valence-corrected chi connectivity index (χ3v) is 7.44. The summed E-state index contributed by atoms with van der Waals surface area (Å²) in [7, 11) is 2.34. The summed E-state index contributed by atoms with van der Waals surface area (Å²) >= 11 is 0. The summed E-state index contributed by atoms with van der Waals surface area (Å²) < 4.78 is 6.73. The van der Waals surface area contributed by atoms with Gasteiger partial charge in [0.05, 0.1) is 11.7 Å². The molecule has 25 heavy (non-hydrogen) atoms. The Hall–Kier alpha value is -0.600. The zero-order valence-electron chi connectivity index (χ0n) is 16.2. The van der Waals surface area contributed by atoms with Crippen LogP contribution in [0.1, 0.15) is 70.6 Å². The molecule has 0 aromatic heterocycles. The highest BCUT2D eigenvalue weighted by molar-refractivity contribution is 5.22. The van der Waals surface area contributed by atoms with Crippen molar-refractivity contribution in [1.82, 2.24) is 4.90 Å². The Morgan fingerprint density at radius 1 is 1.00 bits per heavy atom. The SMILES string of the molecule is CN(CCCC12CCCCC1C1C=CC=CC1O2)CC1CCCCC1. The Morgan fingerprint density at radius 2 is 1.80 bits per heavy atom. The van der Waals surface area contributed by atoms with E-state index >= 15 is 0 Å². The smallest absolute Gasteiger partial charge is 0.0832 e. The van der Waals surface area contributed by atoms with Crippen molar-refractivity contribution in [3.63, 3.8) is 0 Å². The minimum absolute atomic E-state index is 0.179. The molecule has 0 bridgehead atoms. The van der Waals surface area contributed by atoms with E-state index in [2.05, 4.69) is 36.3 Å². The van der Waals surface area contributed by atoms with E-state index < -0.39 is 0 Å². The molecule has 1 saturated heterocycles. The van der Waals surface area contributed by atoms with Crippen LogP contribution in [-0.2, 0) is 4.74 Å². The topological polar surface area (TPSA) is 12.5 Å². The molecule has 4 rings (SSSR count).